The van der Waals surface area contributed by atoms with Gasteiger partial charge in [-0.15, -0.1) is 0 Å². The fourth-order valence-corrected chi connectivity index (χ4v) is 5.61. The zero-order valence-electron chi connectivity index (χ0n) is 23.2. The van der Waals surface area contributed by atoms with Crippen molar-refractivity contribution < 1.29 is 17.7 Å². The lowest BCUT2D eigenvalue weighted by Gasteiger charge is -2.30. The summed E-state index contributed by atoms with van der Waals surface area (Å²) in [7, 11) is -3.18. The molecular weight excluding hydrogens is 532 g/mol. The van der Waals surface area contributed by atoms with Crippen LogP contribution in [0.2, 0.25) is 0 Å². The highest BCUT2D eigenvalue weighted by molar-refractivity contribution is 7.88. The molecule has 1 aliphatic rings. The van der Waals surface area contributed by atoms with Gasteiger partial charge in [0, 0.05) is 30.7 Å². The second kappa shape index (κ2) is 10.6. The van der Waals surface area contributed by atoms with Crippen molar-refractivity contribution in [1.82, 2.24) is 34.9 Å². The third kappa shape index (κ3) is 5.85. The van der Waals surface area contributed by atoms with Crippen LogP contribution in [-0.4, -0.2) is 69.3 Å². The average molecular weight is 567 g/mol. The Kier molecular flexibility index (Phi) is 7.36. The molecule has 40 heavy (non-hydrogen) atoms. The Balaban J connectivity index is 1.30. The highest BCUT2D eigenvalue weighted by atomic mass is 32.2. The molecule has 0 unspecified atom stereocenters. The van der Waals surface area contributed by atoms with E-state index < -0.39 is 15.9 Å². The number of sulfonamides is 1. The van der Waals surface area contributed by atoms with Crippen molar-refractivity contribution >= 4 is 32.8 Å². The summed E-state index contributed by atoms with van der Waals surface area (Å²) in [5, 5.41) is 18.7. The van der Waals surface area contributed by atoms with Crippen LogP contribution in [0.1, 0.15) is 68.7 Å². The number of pyridine rings is 1. The highest BCUT2D eigenvalue weighted by Crippen LogP contribution is 2.33. The van der Waals surface area contributed by atoms with Gasteiger partial charge < -0.3 is 15.2 Å². The second-order valence-electron chi connectivity index (χ2n) is 11.2. The van der Waals surface area contributed by atoms with Gasteiger partial charge in [-0.3, -0.25) is 9.89 Å². The standard InChI is InChI=1S/C27H34N8O4S/c1-16(29-24(36)25-31-26(34-39-25)27(2,3)4)17-6-8-18(9-7-17)20-10-13-28-22-21(20)23(33-32-22)30-19-11-14-35(15-12-19)40(5,37)38/h6-10,13,16,19H,11-12,14-15H2,1-5H3,(H,29,36)(H2,28,30,32,33)/t16-/m1/s1. The Hall–Kier alpha value is -3.84. The Morgan fingerprint density at radius 3 is 2.48 bits per heavy atom. The first-order chi connectivity index (χ1) is 18.9. The molecule has 0 aliphatic carbocycles. The van der Waals surface area contributed by atoms with E-state index in [1.165, 1.54) is 10.6 Å². The fraction of sp³-hybridized carbons (Fsp3) is 0.444. The van der Waals surface area contributed by atoms with Crippen LogP contribution in [0.15, 0.2) is 41.1 Å². The average Bonchev–Trinajstić information content (AvgIpc) is 3.57. The van der Waals surface area contributed by atoms with Gasteiger partial charge in [0.2, 0.25) is 10.0 Å². The van der Waals surface area contributed by atoms with Gasteiger partial charge in [-0.2, -0.15) is 10.1 Å². The Morgan fingerprint density at radius 1 is 1.15 bits per heavy atom. The minimum absolute atomic E-state index is 0.0606. The summed E-state index contributed by atoms with van der Waals surface area (Å²) in [4.78, 5) is 21.3. The number of H-pyrrole nitrogens is 1. The van der Waals surface area contributed by atoms with Crippen LogP contribution in [0.3, 0.4) is 0 Å². The van der Waals surface area contributed by atoms with Crippen LogP contribution in [0.25, 0.3) is 22.2 Å². The van der Waals surface area contributed by atoms with Gasteiger partial charge in [-0.05, 0) is 42.5 Å². The van der Waals surface area contributed by atoms with Gasteiger partial charge in [0.25, 0.3) is 0 Å². The van der Waals surface area contributed by atoms with E-state index >= 15 is 0 Å². The van der Waals surface area contributed by atoms with E-state index in [1.807, 2.05) is 58.0 Å². The van der Waals surface area contributed by atoms with Gasteiger partial charge in [-0.25, -0.2) is 17.7 Å². The lowest BCUT2D eigenvalue weighted by Crippen LogP contribution is -2.41. The number of piperidine rings is 1. The molecule has 4 heterocycles. The zero-order chi connectivity index (χ0) is 28.7. The van der Waals surface area contributed by atoms with Crippen molar-refractivity contribution in [2.24, 2.45) is 0 Å². The minimum Gasteiger partial charge on any atom is -0.365 e. The van der Waals surface area contributed by atoms with Crippen molar-refractivity contribution in [2.75, 3.05) is 24.7 Å². The van der Waals surface area contributed by atoms with Crippen LogP contribution in [0, 0.1) is 0 Å². The normalized spacial score (nSPS) is 16.2. The van der Waals surface area contributed by atoms with Crippen LogP contribution < -0.4 is 10.6 Å². The van der Waals surface area contributed by atoms with Crippen molar-refractivity contribution in [3.05, 3.63) is 53.8 Å². The van der Waals surface area contributed by atoms with E-state index in [9.17, 15) is 13.2 Å². The number of nitrogens with one attached hydrogen (secondary N) is 3. The molecule has 1 fully saturated rings. The number of aromatic nitrogens is 5. The Bertz CT molecular complexity index is 1610. The maximum atomic E-state index is 12.7. The molecule has 3 aromatic heterocycles. The van der Waals surface area contributed by atoms with Crippen LogP contribution in [0.4, 0.5) is 5.82 Å². The molecule has 212 valence electrons. The maximum absolute atomic E-state index is 12.7. The van der Waals surface area contributed by atoms with Gasteiger partial charge >= 0.3 is 11.8 Å². The van der Waals surface area contributed by atoms with Gasteiger partial charge in [0.1, 0.15) is 0 Å². The number of hydrogen-bond acceptors (Lipinski definition) is 9. The van der Waals surface area contributed by atoms with E-state index in [2.05, 4.69) is 36.0 Å². The predicted octanol–water partition coefficient (Wildman–Crippen LogP) is 3.63. The molecule has 0 saturated carbocycles. The van der Waals surface area contributed by atoms with Crippen LogP contribution in [-0.2, 0) is 15.4 Å². The van der Waals surface area contributed by atoms with E-state index in [4.69, 9.17) is 4.52 Å². The van der Waals surface area contributed by atoms with E-state index in [0.717, 1.165) is 22.1 Å². The summed E-state index contributed by atoms with van der Waals surface area (Å²) in [6.07, 6.45) is 4.36. The molecule has 1 saturated heterocycles. The summed E-state index contributed by atoms with van der Waals surface area (Å²) in [5.41, 5.74) is 3.19. The maximum Gasteiger partial charge on any atom is 0.315 e. The molecule has 5 rings (SSSR count). The topological polar surface area (TPSA) is 159 Å². The first kappa shape index (κ1) is 27.7. The molecule has 0 bridgehead atoms. The second-order valence-corrected chi connectivity index (χ2v) is 13.2. The zero-order valence-corrected chi connectivity index (χ0v) is 24.0. The van der Waals surface area contributed by atoms with Gasteiger partial charge in [-0.1, -0.05) is 50.2 Å². The number of amides is 1. The number of hydrogen-bond donors (Lipinski definition) is 3. The van der Waals surface area contributed by atoms with E-state index in [1.54, 1.807) is 6.20 Å². The largest absolute Gasteiger partial charge is 0.365 e. The summed E-state index contributed by atoms with van der Waals surface area (Å²) in [5.74, 6) is 0.682. The van der Waals surface area contributed by atoms with E-state index in [0.29, 0.717) is 43.2 Å². The van der Waals surface area contributed by atoms with Gasteiger partial charge in [0.15, 0.2) is 17.3 Å². The number of carbonyl (C=O) groups is 1. The van der Waals surface area contributed by atoms with Crippen molar-refractivity contribution in [2.45, 2.75) is 58.0 Å². The number of nitrogens with zero attached hydrogens (tertiary/aromatic N) is 5. The molecular formula is C27H34N8O4S. The fourth-order valence-electron chi connectivity index (χ4n) is 4.73. The molecule has 4 aromatic rings. The smallest absolute Gasteiger partial charge is 0.315 e. The molecule has 1 atom stereocenters. The van der Waals surface area contributed by atoms with Crippen molar-refractivity contribution in [3.8, 4) is 11.1 Å². The Morgan fingerprint density at radius 2 is 1.85 bits per heavy atom. The highest BCUT2D eigenvalue weighted by Gasteiger charge is 2.27. The quantitative estimate of drug-likeness (QED) is 0.304. The third-order valence-corrected chi connectivity index (χ3v) is 8.39. The number of aromatic amines is 1. The Labute approximate surface area is 233 Å². The SMILES string of the molecule is C[C@@H](NC(=O)c1nc(C(C)(C)C)no1)c1ccc(-c2ccnc3[nH]nc(NC4CCN(S(C)(=O)=O)CC4)c23)cc1. The molecule has 12 nitrogen and oxygen atoms in total. The first-order valence-corrected chi connectivity index (χ1v) is 15.0. The first-order valence-electron chi connectivity index (χ1n) is 13.2. The summed E-state index contributed by atoms with van der Waals surface area (Å²) in [6, 6.07) is 9.69. The molecule has 3 N–H and O–H groups in total. The lowest BCUT2D eigenvalue weighted by atomic mass is 9.96. The molecule has 0 radical (unpaired) electrons. The minimum atomic E-state index is -3.18. The number of fused-ring (bicyclic) bond motifs is 1. The molecule has 1 aliphatic heterocycles. The third-order valence-electron chi connectivity index (χ3n) is 7.09. The molecule has 1 aromatic carbocycles. The number of anilines is 1. The van der Waals surface area contributed by atoms with Gasteiger partial charge in [0.05, 0.1) is 17.7 Å². The van der Waals surface area contributed by atoms with Crippen molar-refractivity contribution in [3.63, 3.8) is 0 Å². The van der Waals surface area contributed by atoms with Crippen LogP contribution >= 0.6 is 0 Å². The molecule has 1 amide bonds. The summed E-state index contributed by atoms with van der Waals surface area (Å²) >= 11 is 0. The lowest BCUT2D eigenvalue weighted by molar-refractivity contribution is 0.0895. The monoisotopic (exact) mass is 566 g/mol. The number of carbonyl (C=O) groups excluding carboxylic acids is 1. The summed E-state index contributed by atoms with van der Waals surface area (Å²) < 4.78 is 30.4. The molecule has 0 spiro atoms. The number of benzene rings is 1. The summed E-state index contributed by atoms with van der Waals surface area (Å²) in [6.45, 7) is 8.70. The van der Waals surface area contributed by atoms with Crippen LogP contribution in [0.5, 0.6) is 0 Å². The number of rotatable bonds is 7. The predicted molar refractivity (Wildman–Crippen MR) is 151 cm³/mol. The van der Waals surface area contributed by atoms with E-state index in [-0.39, 0.29) is 23.4 Å². The molecule has 13 heteroatoms. The van der Waals surface area contributed by atoms with Crippen molar-refractivity contribution in [1.29, 1.82) is 0 Å².